The van der Waals surface area contributed by atoms with E-state index >= 15 is 0 Å². The van der Waals surface area contributed by atoms with Crippen molar-refractivity contribution in [3.05, 3.63) is 53.1 Å². The number of nitrogens with zero attached hydrogens (tertiary/aromatic N) is 2. The van der Waals surface area contributed by atoms with Gasteiger partial charge < -0.3 is 19.9 Å². The Morgan fingerprint density at radius 2 is 2.12 bits per heavy atom. The van der Waals surface area contributed by atoms with Crippen LogP contribution in [0.3, 0.4) is 0 Å². The van der Waals surface area contributed by atoms with E-state index in [1.807, 2.05) is 42.1 Å². The second-order valence-electron chi connectivity index (χ2n) is 5.46. The van der Waals surface area contributed by atoms with Crippen molar-refractivity contribution in [1.82, 2.24) is 20.2 Å². The van der Waals surface area contributed by atoms with Gasteiger partial charge in [-0.3, -0.25) is 4.79 Å². The molecule has 0 aliphatic carbocycles. The van der Waals surface area contributed by atoms with Crippen molar-refractivity contribution in [2.45, 2.75) is 18.9 Å². The Morgan fingerprint density at radius 1 is 1.40 bits per heavy atom. The van der Waals surface area contributed by atoms with Gasteiger partial charge in [0.2, 0.25) is 0 Å². The summed E-state index contributed by atoms with van der Waals surface area (Å²) in [5.41, 5.74) is 0.998. The third-order valence-electron chi connectivity index (χ3n) is 3.67. The van der Waals surface area contributed by atoms with Gasteiger partial charge in [0, 0.05) is 37.4 Å². The summed E-state index contributed by atoms with van der Waals surface area (Å²) < 4.78 is 6.55. The third-order valence-corrected chi connectivity index (χ3v) is 4.18. The van der Waals surface area contributed by atoms with Crippen molar-refractivity contribution in [2.75, 3.05) is 13.7 Å². The van der Waals surface area contributed by atoms with Crippen molar-refractivity contribution in [2.24, 2.45) is 7.05 Å². The van der Waals surface area contributed by atoms with Gasteiger partial charge in [0.1, 0.15) is 11.9 Å². The summed E-state index contributed by atoms with van der Waals surface area (Å²) >= 11 is 11.4. The molecule has 0 fully saturated rings. The van der Waals surface area contributed by atoms with Gasteiger partial charge in [0.05, 0.1) is 7.11 Å². The molecule has 0 spiro atoms. The highest BCUT2D eigenvalue weighted by Gasteiger charge is 2.19. The maximum atomic E-state index is 11.1. The van der Waals surface area contributed by atoms with Crippen LogP contribution in [0.15, 0.2) is 36.7 Å². The van der Waals surface area contributed by atoms with Crippen LogP contribution < -0.4 is 10.6 Å². The van der Waals surface area contributed by atoms with Gasteiger partial charge >= 0.3 is 5.97 Å². The first-order valence-corrected chi connectivity index (χ1v) is 8.63. The van der Waals surface area contributed by atoms with Gasteiger partial charge in [-0.1, -0.05) is 23.7 Å². The zero-order valence-corrected chi connectivity index (χ0v) is 15.7. The number of carbonyl (C=O) groups excluding carboxylic acids is 1. The largest absolute Gasteiger partial charge is 0.469 e. The lowest BCUT2D eigenvalue weighted by Crippen LogP contribution is -2.39. The van der Waals surface area contributed by atoms with E-state index in [9.17, 15) is 4.79 Å². The molecule has 1 aromatic carbocycles. The smallest absolute Gasteiger partial charge is 0.305 e. The van der Waals surface area contributed by atoms with Crippen LogP contribution in [0, 0.1) is 0 Å². The average Bonchev–Trinajstić information content (AvgIpc) is 3.03. The number of ether oxygens (including phenoxy) is 1. The lowest BCUT2D eigenvalue weighted by atomic mass is 10.1. The predicted molar refractivity (Wildman–Crippen MR) is 101 cm³/mol. The van der Waals surface area contributed by atoms with E-state index in [0.29, 0.717) is 29.5 Å². The highest BCUT2D eigenvalue weighted by Crippen LogP contribution is 2.22. The molecule has 6 nitrogen and oxygen atoms in total. The molecule has 134 valence electrons. The quantitative estimate of drug-likeness (QED) is 0.437. The number of aryl methyl sites for hydroxylation is 1. The van der Waals surface area contributed by atoms with Gasteiger partial charge in [-0.15, -0.1) is 0 Å². The highest BCUT2D eigenvalue weighted by atomic mass is 35.5. The van der Waals surface area contributed by atoms with Crippen LogP contribution in [0.25, 0.3) is 0 Å². The number of methoxy groups -OCH3 is 1. The van der Waals surface area contributed by atoms with Crippen molar-refractivity contribution >= 4 is 34.9 Å². The minimum atomic E-state index is -0.229. The maximum absolute atomic E-state index is 11.1. The van der Waals surface area contributed by atoms with Crippen molar-refractivity contribution in [3.63, 3.8) is 0 Å². The van der Waals surface area contributed by atoms with Crippen LogP contribution in [0.4, 0.5) is 0 Å². The molecule has 1 aromatic heterocycles. The van der Waals surface area contributed by atoms with Crippen LogP contribution in [-0.4, -0.2) is 34.3 Å². The first-order chi connectivity index (χ1) is 12.0. The topological polar surface area (TPSA) is 68.2 Å². The molecule has 0 bridgehead atoms. The molecule has 0 radical (unpaired) electrons. The number of hydrogen-bond acceptors (Lipinski definition) is 4. The van der Waals surface area contributed by atoms with Crippen molar-refractivity contribution in [1.29, 1.82) is 0 Å². The van der Waals surface area contributed by atoms with Crippen molar-refractivity contribution < 1.29 is 9.53 Å². The number of thiocarbonyl (C=S) groups is 1. The van der Waals surface area contributed by atoms with E-state index in [2.05, 4.69) is 20.4 Å². The molecule has 0 saturated heterocycles. The Kier molecular flexibility index (Phi) is 7.21. The fourth-order valence-electron chi connectivity index (χ4n) is 2.33. The van der Waals surface area contributed by atoms with E-state index < -0.39 is 0 Å². The summed E-state index contributed by atoms with van der Waals surface area (Å²) in [5, 5.41) is 7.55. The van der Waals surface area contributed by atoms with Gasteiger partial charge in [-0.05, 0) is 36.3 Å². The summed E-state index contributed by atoms with van der Waals surface area (Å²) in [6.45, 7) is 0.578. The van der Waals surface area contributed by atoms with Crippen molar-refractivity contribution in [3.8, 4) is 0 Å². The number of carbonyl (C=O) groups is 1. The minimum Gasteiger partial charge on any atom is -0.469 e. The van der Waals surface area contributed by atoms with Crippen LogP contribution in [0.5, 0.6) is 0 Å². The van der Waals surface area contributed by atoms with E-state index in [4.69, 9.17) is 23.8 Å². The SMILES string of the molecule is COC(=O)CCCNC(=S)N[C@H](c1ccc(Cl)cc1)c1nccn1C. The van der Waals surface area contributed by atoms with Gasteiger partial charge in [-0.2, -0.15) is 0 Å². The second-order valence-corrected chi connectivity index (χ2v) is 6.31. The van der Waals surface area contributed by atoms with E-state index in [0.717, 1.165) is 11.4 Å². The molecule has 2 N–H and O–H groups in total. The zero-order valence-electron chi connectivity index (χ0n) is 14.2. The Morgan fingerprint density at radius 3 is 2.72 bits per heavy atom. The zero-order chi connectivity index (χ0) is 18.2. The molecule has 0 aliphatic rings. The number of benzene rings is 1. The van der Waals surface area contributed by atoms with Gasteiger partial charge in [0.15, 0.2) is 5.11 Å². The van der Waals surface area contributed by atoms with Gasteiger partial charge in [-0.25, -0.2) is 4.98 Å². The second kappa shape index (κ2) is 9.39. The van der Waals surface area contributed by atoms with Crippen LogP contribution in [0.2, 0.25) is 5.02 Å². The summed E-state index contributed by atoms with van der Waals surface area (Å²) in [6, 6.07) is 7.34. The molecule has 0 unspecified atom stereocenters. The molecule has 1 heterocycles. The number of esters is 1. The molecule has 2 aromatic rings. The summed E-state index contributed by atoms with van der Waals surface area (Å²) in [5.74, 6) is 0.605. The Hall–Kier alpha value is -2.12. The standard InChI is InChI=1S/C17H21ClN4O2S/c1-22-11-10-19-16(22)15(12-5-7-13(18)8-6-12)21-17(25)20-9-3-4-14(23)24-2/h5-8,10-11,15H,3-4,9H2,1-2H3,(H2,20,21,25)/t15-/m1/s1. The van der Waals surface area contributed by atoms with E-state index in [1.54, 1.807) is 6.20 Å². The summed E-state index contributed by atoms with van der Waals surface area (Å²) in [4.78, 5) is 15.5. The molecular weight excluding hydrogens is 360 g/mol. The molecule has 1 atom stereocenters. The number of hydrogen-bond donors (Lipinski definition) is 2. The number of aromatic nitrogens is 2. The summed E-state index contributed by atoms with van der Waals surface area (Å²) in [6.07, 6.45) is 4.62. The highest BCUT2D eigenvalue weighted by molar-refractivity contribution is 7.80. The molecular formula is C17H21ClN4O2S. The normalized spacial score (nSPS) is 11.6. The summed E-state index contributed by atoms with van der Waals surface area (Å²) in [7, 11) is 3.31. The first-order valence-electron chi connectivity index (χ1n) is 7.85. The Labute approximate surface area is 157 Å². The van der Waals surface area contributed by atoms with Crippen LogP contribution in [-0.2, 0) is 16.6 Å². The monoisotopic (exact) mass is 380 g/mol. The molecule has 8 heteroatoms. The number of imidazole rings is 1. The average molecular weight is 381 g/mol. The van der Waals surface area contributed by atoms with Crippen LogP contribution >= 0.6 is 23.8 Å². The molecule has 2 rings (SSSR count). The number of nitrogens with one attached hydrogen (secondary N) is 2. The Balaban J connectivity index is 2.01. The number of rotatable bonds is 7. The molecule has 0 aliphatic heterocycles. The Bertz CT molecular complexity index is 718. The first kappa shape index (κ1) is 19.2. The molecule has 0 amide bonds. The minimum absolute atomic E-state index is 0.210. The lowest BCUT2D eigenvalue weighted by Gasteiger charge is -2.21. The van der Waals surface area contributed by atoms with Crippen LogP contribution in [0.1, 0.15) is 30.3 Å². The third kappa shape index (κ3) is 5.72. The maximum Gasteiger partial charge on any atom is 0.305 e. The fraction of sp³-hybridized carbons (Fsp3) is 0.353. The van der Waals surface area contributed by atoms with Gasteiger partial charge in [0.25, 0.3) is 0 Å². The molecule has 25 heavy (non-hydrogen) atoms. The fourth-order valence-corrected chi connectivity index (χ4v) is 2.67. The lowest BCUT2D eigenvalue weighted by molar-refractivity contribution is -0.140. The number of halogens is 1. The van der Waals surface area contributed by atoms with E-state index in [-0.39, 0.29) is 12.0 Å². The molecule has 0 saturated carbocycles. The predicted octanol–water partition coefficient (Wildman–Crippen LogP) is 2.58. The van der Waals surface area contributed by atoms with E-state index in [1.165, 1.54) is 7.11 Å².